The molecule has 1 rings (SSSR count). The third kappa shape index (κ3) is 4.38. The predicted molar refractivity (Wildman–Crippen MR) is 73.5 cm³/mol. The number of aromatic hydroxyl groups is 1. The number of ether oxygens (including phenoxy) is 1. The monoisotopic (exact) mass is 756 g/mol. The van der Waals surface area contributed by atoms with Gasteiger partial charge in [-0.2, -0.15) is 0 Å². The summed E-state index contributed by atoms with van der Waals surface area (Å²) in [4.78, 5) is 0. The van der Waals surface area contributed by atoms with Crippen LogP contribution < -0.4 is 39.2 Å². The van der Waals surface area contributed by atoms with Crippen molar-refractivity contribution in [2.45, 2.75) is -0.379 Å². The number of phenols is 1. The van der Waals surface area contributed by atoms with Crippen LogP contribution in [0.2, 0.25) is 0 Å². The van der Waals surface area contributed by atoms with Gasteiger partial charge in [0.25, 0.3) is 0 Å². The molecule has 1 aromatic rings. The normalized spacial score (nSPS) is 11.9. The first-order valence-corrected chi connectivity index (χ1v) is 19.1. The average Bonchev–Trinajstić information content (AvgIpc) is 2.21. The molecule has 0 aliphatic rings. The van der Waals surface area contributed by atoms with Gasteiger partial charge in [-0.3, -0.25) is 0 Å². The summed E-state index contributed by atoms with van der Waals surface area (Å²) in [7, 11) is 0. The standard InChI is InChI=1S/C7H5I5O2/c8-7(11-9,12-10)14-6-4-2-1-3-5(6)13/h1-4,13H/q-2. The van der Waals surface area contributed by atoms with Crippen LogP contribution in [-0.4, -0.2) is 4.73 Å². The van der Waals surface area contributed by atoms with E-state index in [1.54, 1.807) is 12.1 Å². The molecule has 0 saturated heterocycles. The van der Waals surface area contributed by atoms with Gasteiger partial charge in [0.05, 0.1) is 0 Å². The van der Waals surface area contributed by atoms with Gasteiger partial charge in [-0.15, -0.1) is 0 Å². The van der Waals surface area contributed by atoms with Crippen molar-refractivity contribution >= 4 is 59.8 Å². The van der Waals surface area contributed by atoms with E-state index in [9.17, 15) is 5.11 Å². The first kappa shape index (κ1) is 14.5. The average molecular weight is 756 g/mol. The fourth-order valence-corrected chi connectivity index (χ4v) is 23.4. The van der Waals surface area contributed by atoms with Gasteiger partial charge >= 0.3 is 140 Å². The Kier molecular flexibility index (Phi) is 7.29. The zero-order valence-corrected chi connectivity index (χ0v) is 17.3. The summed E-state index contributed by atoms with van der Waals surface area (Å²) in [5.41, 5.74) is 0. The second-order valence-corrected chi connectivity index (χ2v) is 19.2. The second kappa shape index (κ2) is 7.03. The van der Waals surface area contributed by atoms with E-state index >= 15 is 0 Å². The first-order valence-electron chi connectivity index (χ1n) is 3.31. The maximum atomic E-state index is 9.56. The van der Waals surface area contributed by atoms with Crippen molar-refractivity contribution in [3.05, 3.63) is 24.3 Å². The summed E-state index contributed by atoms with van der Waals surface area (Å²) in [6.45, 7) is 0. The van der Waals surface area contributed by atoms with Crippen molar-refractivity contribution in [3.8, 4) is 11.5 Å². The van der Waals surface area contributed by atoms with Gasteiger partial charge in [-0.1, -0.05) is 0 Å². The molecule has 0 amide bonds. The van der Waals surface area contributed by atoms with Gasteiger partial charge in [-0.05, 0) is 0 Å². The van der Waals surface area contributed by atoms with E-state index in [1.165, 1.54) is 0 Å². The van der Waals surface area contributed by atoms with Crippen LogP contribution in [0.15, 0.2) is 24.3 Å². The minimum absolute atomic E-state index is 0.0161. The Morgan fingerprint density at radius 1 is 1.21 bits per heavy atom. The number of phenolic OH excluding ortho intramolecular Hbond substituents is 1. The van der Waals surface area contributed by atoms with Crippen LogP contribution in [0.3, 0.4) is 0 Å². The van der Waals surface area contributed by atoms with E-state index in [2.05, 4.69) is 59.8 Å². The van der Waals surface area contributed by atoms with Crippen LogP contribution in [0, 0.1) is 0 Å². The Labute approximate surface area is 136 Å². The molecule has 0 bridgehead atoms. The van der Waals surface area contributed by atoms with Gasteiger partial charge in [-0.25, -0.2) is 0 Å². The zero-order valence-electron chi connectivity index (χ0n) is 6.55. The number of para-hydroxylation sites is 2. The molecule has 0 aromatic heterocycles. The Hall–Kier alpha value is 2.47. The minimum atomic E-state index is -0.0184. The van der Waals surface area contributed by atoms with Crippen LogP contribution >= 0.6 is 59.8 Å². The first-order chi connectivity index (χ1) is 6.61. The number of halogens is 5. The van der Waals surface area contributed by atoms with Gasteiger partial charge < -0.3 is 0 Å². The molecule has 1 N–H and O–H groups in total. The molecular formula is C7H5I5O2-2. The number of hydrogen-bond acceptors (Lipinski definition) is 2. The summed E-state index contributed by atoms with van der Waals surface area (Å²) >= 11 is 7.19. The molecule has 0 atom stereocenters. The summed E-state index contributed by atoms with van der Waals surface area (Å²) in [6, 6.07) is 7.15. The van der Waals surface area contributed by atoms with E-state index in [1.807, 2.05) is 12.1 Å². The number of benzene rings is 1. The SMILES string of the molecule is Oc1ccccc1OC(I)([I-]I)[I-]I. The summed E-state index contributed by atoms with van der Waals surface area (Å²) in [5.74, 6) is 0.839. The van der Waals surface area contributed by atoms with Crippen molar-refractivity contribution in [1.29, 1.82) is 0 Å². The van der Waals surface area contributed by atoms with Gasteiger partial charge in [0.1, 0.15) is 0 Å². The molecule has 0 heterocycles. The van der Waals surface area contributed by atoms with Crippen molar-refractivity contribution in [2.24, 2.45) is 0 Å². The fourth-order valence-electron chi connectivity index (χ4n) is 0.708. The Morgan fingerprint density at radius 3 is 2.29 bits per heavy atom. The van der Waals surface area contributed by atoms with E-state index in [0.717, 1.165) is 0 Å². The topological polar surface area (TPSA) is 29.5 Å². The van der Waals surface area contributed by atoms with Crippen molar-refractivity contribution in [3.63, 3.8) is 0 Å². The summed E-state index contributed by atoms with van der Waals surface area (Å²) in [6.07, 6.45) is 0. The fraction of sp³-hybridized carbons (Fsp3) is 0.143. The molecule has 2 nitrogen and oxygen atoms in total. The molecule has 0 aliphatic heterocycles. The molecule has 0 saturated carbocycles. The van der Waals surface area contributed by atoms with Gasteiger partial charge in [0, 0.05) is 0 Å². The number of rotatable bonds is 4. The van der Waals surface area contributed by atoms with Crippen molar-refractivity contribution < 1.29 is 44.3 Å². The Bertz CT molecular complexity index is 302. The van der Waals surface area contributed by atoms with E-state index in [-0.39, 0.29) is 39.8 Å². The molecule has 1 aromatic carbocycles. The van der Waals surface area contributed by atoms with Crippen molar-refractivity contribution in [1.82, 2.24) is 0 Å². The molecule has 0 unspecified atom stereocenters. The molecule has 14 heavy (non-hydrogen) atoms. The molecule has 0 spiro atoms. The van der Waals surface area contributed by atoms with Crippen LogP contribution in [0.1, 0.15) is 0 Å². The molecule has 82 valence electrons. The van der Waals surface area contributed by atoms with E-state index in [0.29, 0.717) is 5.75 Å². The molecule has 0 radical (unpaired) electrons. The summed E-state index contributed by atoms with van der Waals surface area (Å²) < 4.78 is 5.83. The molecule has 0 fully saturated rings. The second-order valence-electron chi connectivity index (χ2n) is 2.16. The van der Waals surface area contributed by atoms with Crippen LogP contribution in [-0.2, 0) is 0 Å². The molecule has 7 heteroatoms. The zero-order chi connectivity index (χ0) is 10.6. The quantitative estimate of drug-likeness (QED) is 0.277. The maximum absolute atomic E-state index is 9.56. The third-order valence-electron chi connectivity index (χ3n) is 1.26. The predicted octanol–water partition coefficient (Wildman–Crippen LogP) is -2.30. The third-order valence-corrected chi connectivity index (χ3v) is 37.0. The van der Waals surface area contributed by atoms with E-state index in [4.69, 9.17) is 4.74 Å². The van der Waals surface area contributed by atoms with E-state index < -0.39 is 0 Å². The summed E-state index contributed by atoms with van der Waals surface area (Å²) in [5, 5.41) is 9.56. The van der Waals surface area contributed by atoms with Crippen LogP contribution in [0.4, 0.5) is 0 Å². The molecular weight excluding hydrogens is 751 g/mol. The van der Waals surface area contributed by atoms with Gasteiger partial charge in [0.15, 0.2) is 0 Å². The number of hydrogen-bond donors (Lipinski definition) is 1. The molecule has 0 aliphatic carbocycles. The Morgan fingerprint density at radius 2 is 1.79 bits per heavy atom. The van der Waals surface area contributed by atoms with Crippen molar-refractivity contribution in [2.75, 3.05) is 0 Å². The Balaban J connectivity index is 2.82. The van der Waals surface area contributed by atoms with Gasteiger partial charge in [0.2, 0.25) is 0 Å². The van der Waals surface area contributed by atoms with Crippen LogP contribution in [0.25, 0.3) is 0 Å². The van der Waals surface area contributed by atoms with Crippen LogP contribution in [0.5, 0.6) is 11.5 Å². The number of alkyl halides is 3.